The molecule has 0 aromatic heterocycles. The van der Waals surface area contributed by atoms with E-state index < -0.39 is 6.04 Å². The first kappa shape index (κ1) is 17.7. The van der Waals surface area contributed by atoms with Crippen molar-refractivity contribution in [2.24, 2.45) is 0 Å². The largest absolute Gasteiger partial charge is 0.345 e. The van der Waals surface area contributed by atoms with Crippen molar-refractivity contribution in [2.45, 2.75) is 24.9 Å². The summed E-state index contributed by atoms with van der Waals surface area (Å²) in [6.45, 7) is -0.153. The van der Waals surface area contributed by atoms with Crippen molar-refractivity contribution in [1.29, 1.82) is 0 Å². The van der Waals surface area contributed by atoms with E-state index in [4.69, 9.17) is 0 Å². The lowest BCUT2D eigenvalue weighted by molar-refractivity contribution is -0.127. The van der Waals surface area contributed by atoms with Gasteiger partial charge in [-0.1, -0.05) is 34.1 Å². The maximum Gasteiger partial charge on any atom is 0.255 e. The fourth-order valence-electron chi connectivity index (χ4n) is 3.34. The summed E-state index contributed by atoms with van der Waals surface area (Å²) in [5, 5.41) is 5.41. The van der Waals surface area contributed by atoms with Gasteiger partial charge in [0.25, 0.3) is 5.91 Å². The predicted octanol–water partition coefficient (Wildman–Crippen LogP) is 2.86. The van der Waals surface area contributed by atoms with E-state index >= 15 is 0 Å². The zero-order chi connectivity index (χ0) is 19.0. The first-order valence-electron chi connectivity index (χ1n) is 8.79. The molecule has 1 atom stereocenters. The molecule has 1 saturated carbocycles. The van der Waals surface area contributed by atoms with Crippen LogP contribution in [0.4, 0.5) is 5.69 Å². The van der Waals surface area contributed by atoms with Crippen LogP contribution in [-0.2, 0) is 9.59 Å². The highest BCUT2D eigenvalue weighted by molar-refractivity contribution is 9.10. The number of carbonyl (C=O) groups excluding carboxylic acids is 3. The van der Waals surface area contributed by atoms with Crippen LogP contribution in [0.5, 0.6) is 0 Å². The summed E-state index contributed by atoms with van der Waals surface area (Å²) in [6, 6.07) is 13.8. The zero-order valence-corrected chi connectivity index (χ0v) is 16.0. The summed E-state index contributed by atoms with van der Waals surface area (Å²) >= 11 is 3.34. The fraction of sp³-hybridized carbons (Fsp3) is 0.250. The van der Waals surface area contributed by atoms with Crippen LogP contribution in [0.3, 0.4) is 0 Å². The number of carbonyl (C=O) groups is 3. The molecule has 0 bridgehead atoms. The van der Waals surface area contributed by atoms with Crippen molar-refractivity contribution < 1.29 is 14.4 Å². The van der Waals surface area contributed by atoms with E-state index in [2.05, 4.69) is 26.6 Å². The van der Waals surface area contributed by atoms with Crippen molar-refractivity contribution in [2.75, 3.05) is 11.9 Å². The molecule has 6 nitrogen and oxygen atoms in total. The van der Waals surface area contributed by atoms with Gasteiger partial charge in [-0.2, -0.15) is 0 Å². The number of nitrogens with zero attached hydrogens (tertiary/aromatic N) is 1. The van der Waals surface area contributed by atoms with Gasteiger partial charge in [-0.25, -0.2) is 0 Å². The normalized spacial score (nSPS) is 18.2. The highest BCUT2D eigenvalue weighted by Gasteiger charge is 2.47. The van der Waals surface area contributed by atoms with Crippen LogP contribution in [0.25, 0.3) is 0 Å². The Morgan fingerprint density at radius 3 is 2.48 bits per heavy atom. The summed E-state index contributed by atoms with van der Waals surface area (Å²) in [7, 11) is 0. The quantitative estimate of drug-likeness (QED) is 0.769. The molecule has 0 saturated heterocycles. The zero-order valence-electron chi connectivity index (χ0n) is 14.4. The summed E-state index contributed by atoms with van der Waals surface area (Å²) < 4.78 is 0.915. The van der Waals surface area contributed by atoms with Crippen LogP contribution >= 0.6 is 15.9 Å². The van der Waals surface area contributed by atoms with Crippen LogP contribution in [0, 0.1) is 0 Å². The van der Waals surface area contributed by atoms with E-state index in [-0.39, 0.29) is 30.3 Å². The maximum absolute atomic E-state index is 12.8. The minimum atomic E-state index is -0.665. The van der Waals surface area contributed by atoms with E-state index in [0.29, 0.717) is 16.8 Å². The highest BCUT2D eigenvalue weighted by atomic mass is 79.9. The van der Waals surface area contributed by atoms with Gasteiger partial charge in [-0.15, -0.1) is 0 Å². The molecule has 1 heterocycles. The number of hydrogen-bond donors (Lipinski definition) is 2. The minimum absolute atomic E-state index is 0.104. The van der Waals surface area contributed by atoms with Gasteiger partial charge in [0.05, 0.1) is 6.54 Å². The van der Waals surface area contributed by atoms with Crippen molar-refractivity contribution in [3.63, 3.8) is 0 Å². The molecule has 4 rings (SSSR count). The number of rotatable bonds is 5. The van der Waals surface area contributed by atoms with Crippen LogP contribution < -0.4 is 10.6 Å². The number of benzene rings is 2. The van der Waals surface area contributed by atoms with Gasteiger partial charge >= 0.3 is 0 Å². The van der Waals surface area contributed by atoms with Gasteiger partial charge in [0.15, 0.2) is 0 Å². The second-order valence-corrected chi connectivity index (χ2v) is 7.62. The van der Waals surface area contributed by atoms with E-state index in [1.54, 1.807) is 29.2 Å². The summed E-state index contributed by atoms with van der Waals surface area (Å²) in [4.78, 5) is 39.3. The Bertz CT molecular complexity index is 909. The number of amides is 3. The molecule has 2 aromatic rings. The molecule has 3 amide bonds. The molecule has 1 fully saturated rings. The van der Waals surface area contributed by atoms with Crippen LogP contribution in [0.2, 0.25) is 0 Å². The lowest BCUT2D eigenvalue weighted by Crippen LogP contribution is -2.42. The molecular weight excluding hydrogens is 410 g/mol. The lowest BCUT2D eigenvalue weighted by Gasteiger charge is -2.24. The second-order valence-electron chi connectivity index (χ2n) is 6.71. The van der Waals surface area contributed by atoms with Crippen molar-refractivity contribution in [3.8, 4) is 0 Å². The van der Waals surface area contributed by atoms with Gasteiger partial charge in [-0.3, -0.25) is 14.4 Å². The van der Waals surface area contributed by atoms with Gasteiger partial charge < -0.3 is 15.5 Å². The van der Waals surface area contributed by atoms with E-state index in [9.17, 15) is 14.4 Å². The molecule has 138 valence electrons. The topological polar surface area (TPSA) is 78.5 Å². The van der Waals surface area contributed by atoms with Gasteiger partial charge in [0.1, 0.15) is 6.04 Å². The molecule has 2 aliphatic rings. The highest BCUT2D eigenvalue weighted by Crippen LogP contribution is 2.41. The Kier molecular flexibility index (Phi) is 4.70. The fourth-order valence-corrected chi connectivity index (χ4v) is 3.60. The first-order valence-corrected chi connectivity index (χ1v) is 9.58. The number of fused-ring (bicyclic) bond motifs is 1. The smallest absolute Gasteiger partial charge is 0.255 e. The molecule has 0 spiro atoms. The molecule has 7 heteroatoms. The number of nitrogens with one attached hydrogen (secondary N) is 2. The van der Waals surface area contributed by atoms with Gasteiger partial charge in [0.2, 0.25) is 11.8 Å². The molecule has 0 radical (unpaired) electrons. The number of hydrogen-bond acceptors (Lipinski definition) is 3. The average molecular weight is 428 g/mol. The summed E-state index contributed by atoms with van der Waals surface area (Å²) in [6.07, 6.45) is 1.82. The average Bonchev–Trinajstić information content (AvgIpc) is 3.46. The van der Waals surface area contributed by atoms with E-state index in [1.807, 2.05) is 24.3 Å². The van der Waals surface area contributed by atoms with Gasteiger partial charge in [-0.05, 0) is 48.7 Å². The standard InChI is InChI=1S/C20H18BrN3O3/c21-12-5-7-13(8-6-12)23-17(25)11-22-19(26)18-15-3-1-2-4-16(15)20(27)24(18)14-9-10-14/h1-8,14,18H,9-11H2,(H,22,26)(H,23,25)/t18-/m1/s1. The Morgan fingerprint density at radius 2 is 1.78 bits per heavy atom. The molecule has 1 aliphatic carbocycles. The SMILES string of the molecule is O=C(CNC(=O)[C@H]1c2ccccc2C(=O)N1C1CC1)Nc1ccc(Br)cc1. The third kappa shape index (κ3) is 3.60. The number of halogens is 1. The molecular formula is C20H18BrN3O3. The van der Waals surface area contributed by atoms with Crippen molar-refractivity contribution in [3.05, 3.63) is 64.1 Å². The van der Waals surface area contributed by atoms with Crippen LogP contribution in [-0.4, -0.2) is 35.2 Å². The monoisotopic (exact) mass is 427 g/mol. The lowest BCUT2D eigenvalue weighted by atomic mass is 10.0. The summed E-state index contributed by atoms with van der Waals surface area (Å²) in [5.41, 5.74) is 1.93. The molecule has 27 heavy (non-hydrogen) atoms. The molecule has 2 N–H and O–H groups in total. The Labute approximate surface area is 165 Å². The predicted molar refractivity (Wildman–Crippen MR) is 104 cm³/mol. The third-order valence-corrected chi connectivity index (χ3v) is 5.27. The number of anilines is 1. The first-order chi connectivity index (χ1) is 13.0. The van der Waals surface area contributed by atoms with E-state index in [0.717, 1.165) is 17.3 Å². The van der Waals surface area contributed by atoms with Crippen molar-refractivity contribution in [1.82, 2.24) is 10.2 Å². The Balaban J connectivity index is 1.43. The summed E-state index contributed by atoms with van der Waals surface area (Å²) in [5.74, 6) is -0.750. The molecule has 1 aliphatic heterocycles. The Hall–Kier alpha value is -2.67. The van der Waals surface area contributed by atoms with E-state index in [1.165, 1.54) is 0 Å². The third-order valence-electron chi connectivity index (χ3n) is 4.74. The van der Waals surface area contributed by atoms with Gasteiger partial charge in [0, 0.05) is 21.8 Å². The minimum Gasteiger partial charge on any atom is -0.345 e. The van der Waals surface area contributed by atoms with Crippen LogP contribution in [0.1, 0.15) is 34.8 Å². The molecule has 0 unspecified atom stereocenters. The maximum atomic E-state index is 12.8. The Morgan fingerprint density at radius 1 is 1.07 bits per heavy atom. The van der Waals surface area contributed by atoms with Crippen molar-refractivity contribution >= 4 is 39.3 Å². The second kappa shape index (κ2) is 7.15. The van der Waals surface area contributed by atoms with Crippen LogP contribution in [0.15, 0.2) is 53.0 Å². The molecule has 2 aromatic carbocycles.